The third-order valence-corrected chi connectivity index (χ3v) is 3.11. The zero-order valence-electron chi connectivity index (χ0n) is 10.1. The fourth-order valence-electron chi connectivity index (χ4n) is 2.11. The van der Waals surface area contributed by atoms with Gasteiger partial charge in [0.2, 0.25) is 0 Å². The maximum Gasteiger partial charge on any atom is 0.142 e. The summed E-state index contributed by atoms with van der Waals surface area (Å²) < 4.78 is 5.35. The number of rotatable bonds is 3. The molecule has 17 heavy (non-hydrogen) atoms. The van der Waals surface area contributed by atoms with Crippen molar-refractivity contribution < 1.29 is 4.74 Å². The normalized spacial score (nSPS) is 16.5. The Labute approximate surface area is 102 Å². The maximum atomic E-state index is 8.82. The largest absolute Gasteiger partial charge is 0.381 e. The molecule has 0 radical (unpaired) electrons. The number of anilines is 1. The number of aromatic nitrogens is 1. The van der Waals surface area contributed by atoms with E-state index in [9.17, 15) is 0 Å². The van der Waals surface area contributed by atoms with Crippen LogP contribution in [0.3, 0.4) is 0 Å². The van der Waals surface area contributed by atoms with Gasteiger partial charge in [-0.1, -0.05) is 6.07 Å². The summed E-state index contributed by atoms with van der Waals surface area (Å²) in [5.74, 6) is 1.54. The molecule has 1 aliphatic heterocycles. The van der Waals surface area contributed by atoms with Crippen molar-refractivity contribution in [2.75, 3.05) is 31.7 Å². The number of nitriles is 1. The number of hydrogen-bond acceptors (Lipinski definition) is 4. The Bertz CT molecular complexity index is 407. The molecule has 0 saturated carbocycles. The van der Waals surface area contributed by atoms with Crippen LogP contribution >= 0.6 is 0 Å². The Morgan fingerprint density at radius 1 is 1.47 bits per heavy atom. The van der Waals surface area contributed by atoms with Crippen molar-refractivity contribution in [2.24, 2.45) is 5.92 Å². The van der Waals surface area contributed by atoms with Crippen LogP contribution in [0, 0.1) is 17.2 Å². The molecule has 2 rings (SSSR count). The van der Waals surface area contributed by atoms with E-state index in [1.807, 2.05) is 19.2 Å². The molecule has 1 aromatic heterocycles. The predicted molar refractivity (Wildman–Crippen MR) is 65.8 cm³/mol. The van der Waals surface area contributed by atoms with Gasteiger partial charge in [-0.25, -0.2) is 4.98 Å². The minimum Gasteiger partial charge on any atom is -0.381 e. The topological polar surface area (TPSA) is 49.1 Å². The second-order valence-corrected chi connectivity index (χ2v) is 4.43. The first-order valence-corrected chi connectivity index (χ1v) is 5.95. The van der Waals surface area contributed by atoms with Crippen LogP contribution in [0.25, 0.3) is 0 Å². The fourth-order valence-corrected chi connectivity index (χ4v) is 2.11. The SMILES string of the molecule is CN(CC1CCOCC1)c1cccc(C#N)n1. The van der Waals surface area contributed by atoms with E-state index in [0.717, 1.165) is 38.4 Å². The van der Waals surface area contributed by atoms with E-state index in [2.05, 4.69) is 16.0 Å². The summed E-state index contributed by atoms with van der Waals surface area (Å²) in [5, 5.41) is 8.82. The van der Waals surface area contributed by atoms with Crippen LogP contribution in [0.4, 0.5) is 5.82 Å². The van der Waals surface area contributed by atoms with E-state index >= 15 is 0 Å². The van der Waals surface area contributed by atoms with Crippen LogP contribution in [0.1, 0.15) is 18.5 Å². The Balaban J connectivity index is 1.98. The van der Waals surface area contributed by atoms with Gasteiger partial charge in [-0.05, 0) is 30.9 Å². The minimum atomic E-state index is 0.473. The van der Waals surface area contributed by atoms with Gasteiger partial charge in [0.25, 0.3) is 0 Å². The molecule has 1 aliphatic rings. The predicted octanol–water partition coefficient (Wildman–Crippen LogP) is 1.82. The second kappa shape index (κ2) is 5.65. The highest BCUT2D eigenvalue weighted by Gasteiger charge is 2.16. The van der Waals surface area contributed by atoms with Crippen molar-refractivity contribution in [3.05, 3.63) is 23.9 Å². The molecule has 4 heteroatoms. The number of hydrogen-bond donors (Lipinski definition) is 0. The lowest BCUT2D eigenvalue weighted by molar-refractivity contribution is 0.0685. The first-order chi connectivity index (χ1) is 8.29. The molecule has 0 aromatic carbocycles. The Morgan fingerprint density at radius 3 is 2.94 bits per heavy atom. The highest BCUT2D eigenvalue weighted by Crippen LogP contribution is 2.18. The van der Waals surface area contributed by atoms with Crippen LogP contribution < -0.4 is 4.90 Å². The first kappa shape index (κ1) is 11.9. The summed E-state index contributed by atoms with van der Waals surface area (Å²) in [5.41, 5.74) is 0.473. The molecule has 4 nitrogen and oxygen atoms in total. The molecular weight excluding hydrogens is 214 g/mol. The van der Waals surface area contributed by atoms with E-state index in [1.54, 1.807) is 6.07 Å². The third kappa shape index (κ3) is 3.18. The van der Waals surface area contributed by atoms with E-state index in [4.69, 9.17) is 10.00 Å². The molecule has 1 fully saturated rings. The molecule has 0 aliphatic carbocycles. The zero-order valence-corrected chi connectivity index (χ0v) is 10.1. The van der Waals surface area contributed by atoms with Crippen molar-refractivity contribution in [1.82, 2.24) is 4.98 Å². The van der Waals surface area contributed by atoms with Crippen molar-refractivity contribution >= 4 is 5.82 Å². The van der Waals surface area contributed by atoms with Crippen molar-refractivity contribution in [2.45, 2.75) is 12.8 Å². The van der Waals surface area contributed by atoms with E-state index in [0.29, 0.717) is 11.6 Å². The van der Waals surface area contributed by atoms with Crippen molar-refractivity contribution in [3.8, 4) is 6.07 Å². The van der Waals surface area contributed by atoms with Gasteiger partial charge >= 0.3 is 0 Å². The molecule has 0 atom stereocenters. The van der Waals surface area contributed by atoms with Gasteiger partial charge in [0.1, 0.15) is 17.6 Å². The van der Waals surface area contributed by atoms with E-state index in [-0.39, 0.29) is 0 Å². The first-order valence-electron chi connectivity index (χ1n) is 5.95. The molecular formula is C13H17N3O. The third-order valence-electron chi connectivity index (χ3n) is 3.11. The summed E-state index contributed by atoms with van der Waals surface area (Å²) >= 11 is 0. The van der Waals surface area contributed by atoms with Gasteiger partial charge in [0, 0.05) is 26.8 Å². The Kier molecular flexibility index (Phi) is 3.94. The fraction of sp³-hybridized carbons (Fsp3) is 0.538. The van der Waals surface area contributed by atoms with Crippen molar-refractivity contribution in [1.29, 1.82) is 5.26 Å². The molecule has 0 amide bonds. The van der Waals surface area contributed by atoms with Gasteiger partial charge < -0.3 is 9.64 Å². The molecule has 0 bridgehead atoms. The molecule has 0 spiro atoms. The quantitative estimate of drug-likeness (QED) is 0.796. The molecule has 1 aromatic rings. The standard InChI is InChI=1S/C13H17N3O/c1-16(10-11-5-7-17-8-6-11)13-4-2-3-12(9-14)15-13/h2-4,11H,5-8,10H2,1H3. The lowest BCUT2D eigenvalue weighted by Gasteiger charge is -2.27. The zero-order chi connectivity index (χ0) is 12.1. The monoisotopic (exact) mass is 231 g/mol. The van der Waals surface area contributed by atoms with E-state index in [1.165, 1.54) is 0 Å². The highest BCUT2D eigenvalue weighted by atomic mass is 16.5. The molecule has 0 unspecified atom stereocenters. The highest BCUT2D eigenvalue weighted by molar-refractivity contribution is 5.40. The van der Waals surface area contributed by atoms with Crippen LogP contribution in [0.15, 0.2) is 18.2 Å². The smallest absolute Gasteiger partial charge is 0.142 e. The van der Waals surface area contributed by atoms with Crippen LogP contribution in [-0.4, -0.2) is 31.8 Å². The van der Waals surface area contributed by atoms with E-state index < -0.39 is 0 Å². The molecule has 90 valence electrons. The number of nitrogens with zero attached hydrogens (tertiary/aromatic N) is 3. The van der Waals surface area contributed by atoms with Crippen LogP contribution in [0.2, 0.25) is 0 Å². The van der Waals surface area contributed by atoms with Gasteiger partial charge in [-0.15, -0.1) is 0 Å². The minimum absolute atomic E-state index is 0.473. The summed E-state index contributed by atoms with van der Waals surface area (Å²) in [4.78, 5) is 6.41. The molecule has 2 heterocycles. The van der Waals surface area contributed by atoms with Gasteiger partial charge in [0.05, 0.1) is 0 Å². The lowest BCUT2D eigenvalue weighted by Crippen LogP contribution is -2.30. The van der Waals surface area contributed by atoms with Gasteiger partial charge in [0.15, 0.2) is 0 Å². The Hall–Kier alpha value is -1.60. The lowest BCUT2D eigenvalue weighted by atomic mass is 10.00. The summed E-state index contributed by atoms with van der Waals surface area (Å²) in [6.07, 6.45) is 2.23. The van der Waals surface area contributed by atoms with Crippen LogP contribution in [0.5, 0.6) is 0 Å². The molecule has 0 N–H and O–H groups in total. The summed E-state index contributed by atoms with van der Waals surface area (Å²) in [6, 6.07) is 7.62. The van der Waals surface area contributed by atoms with Gasteiger partial charge in [-0.3, -0.25) is 0 Å². The Morgan fingerprint density at radius 2 is 2.24 bits per heavy atom. The maximum absolute atomic E-state index is 8.82. The summed E-state index contributed by atoms with van der Waals surface area (Å²) in [6.45, 7) is 2.71. The second-order valence-electron chi connectivity index (χ2n) is 4.43. The van der Waals surface area contributed by atoms with Gasteiger partial charge in [-0.2, -0.15) is 5.26 Å². The number of ether oxygens (including phenoxy) is 1. The average molecular weight is 231 g/mol. The summed E-state index contributed by atoms with van der Waals surface area (Å²) in [7, 11) is 2.03. The van der Waals surface area contributed by atoms with Crippen molar-refractivity contribution in [3.63, 3.8) is 0 Å². The average Bonchev–Trinajstić information content (AvgIpc) is 2.40. The molecule has 1 saturated heterocycles. The number of pyridine rings is 1. The van der Waals surface area contributed by atoms with Crippen LogP contribution in [-0.2, 0) is 4.74 Å².